The lowest BCUT2D eigenvalue weighted by atomic mass is 10.0. The van der Waals surface area contributed by atoms with E-state index in [2.05, 4.69) is 17.6 Å². The van der Waals surface area contributed by atoms with Crippen LogP contribution < -0.4 is 10.6 Å². The smallest absolute Gasteiger partial charge is 0.239 e. The lowest BCUT2D eigenvalue weighted by molar-refractivity contribution is -0.119. The molecule has 0 unspecified atom stereocenters. The summed E-state index contributed by atoms with van der Waals surface area (Å²) in [4.78, 5) is 11.9. The molecule has 0 atom stereocenters. The number of anilines is 1. The summed E-state index contributed by atoms with van der Waals surface area (Å²) >= 11 is 6.00. The molecule has 0 aliphatic heterocycles. The van der Waals surface area contributed by atoms with Gasteiger partial charge in [0.25, 0.3) is 0 Å². The van der Waals surface area contributed by atoms with Crippen molar-refractivity contribution in [2.24, 2.45) is 0 Å². The van der Waals surface area contributed by atoms with Gasteiger partial charge in [0.2, 0.25) is 5.91 Å². The molecule has 0 aromatic heterocycles. The summed E-state index contributed by atoms with van der Waals surface area (Å²) in [6.07, 6.45) is 18.9. The lowest BCUT2D eigenvalue weighted by Gasteiger charge is -2.10. The topological polar surface area (TPSA) is 41.1 Å². The molecule has 1 amide bonds. The highest BCUT2D eigenvalue weighted by atomic mass is 35.5. The van der Waals surface area contributed by atoms with Crippen LogP contribution in [0.15, 0.2) is 18.2 Å². The summed E-state index contributed by atoms with van der Waals surface area (Å²) in [5, 5.41) is 6.84. The van der Waals surface area contributed by atoms with Crippen LogP contribution in [0.4, 0.5) is 5.69 Å². The van der Waals surface area contributed by atoms with Gasteiger partial charge in [-0.3, -0.25) is 4.79 Å². The van der Waals surface area contributed by atoms with Crippen molar-refractivity contribution in [1.29, 1.82) is 0 Å². The number of carbonyl (C=O) groups excluding carboxylic acids is 1. The van der Waals surface area contributed by atoms with Gasteiger partial charge in [-0.25, -0.2) is 0 Å². The van der Waals surface area contributed by atoms with Crippen molar-refractivity contribution in [3.05, 3.63) is 28.8 Å². The van der Waals surface area contributed by atoms with Crippen molar-refractivity contribution in [1.82, 2.24) is 5.32 Å². The average molecular weight is 423 g/mol. The van der Waals surface area contributed by atoms with Crippen LogP contribution >= 0.6 is 11.6 Å². The van der Waals surface area contributed by atoms with Crippen molar-refractivity contribution in [2.45, 2.75) is 104 Å². The van der Waals surface area contributed by atoms with Gasteiger partial charge < -0.3 is 10.6 Å². The molecule has 0 aliphatic rings. The second kappa shape index (κ2) is 17.6. The van der Waals surface area contributed by atoms with E-state index in [0.717, 1.165) is 24.2 Å². The van der Waals surface area contributed by atoms with E-state index >= 15 is 0 Å². The van der Waals surface area contributed by atoms with Gasteiger partial charge in [-0.05, 0) is 31.0 Å². The molecule has 3 nitrogen and oxygen atoms in total. The molecule has 0 saturated heterocycles. The Morgan fingerprint density at radius 1 is 0.828 bits per heavy atom. The van der Waals surface area contributed by atoms with E-state index in [9.17, 15) is 4.79 Å². The molecule has 1 aromatic rings. The number of aryl methyl sites for hydroxylation is 1. The molecule has 29 heavy (non-hydrogen) atoms. The average Bonchev–Trinajstić information content (AvgIpc) is 2.71. The SMILES string of the molecule is CCCCCCCCCCCCCCCCNC(=O)CNc1cc(Cl)ccc1C. The minimum atomic E-state index is 0.0408. The molecule has 1 aromatic carbocycles. The maximum Gasteiger partial charge on any atom is 0.239 e. The van der Waals surface area contributed by atoms with Gasteiger partial charge in [-0.1, -0.05) is 108 Å². The van der Waals surface area contributed by atoms with Crippen LogP contribution in [0, 0.1) is 6.92 Å². The number of halogens is 1. The minimum Gasteiger partial charge on any atom is -0.376 e. The zero-order chi connectivity index (χ0) is 21.2. The molecule has 0 fully saturated rings. The first-order valence-electron chi connectivity index (χ1n) is 11.9. The van der Waals surface area contributed by atoms with Crippen LogP contribution in [0.5, 0.6) is 0 Å². The van der Waals surface area contributed by atoms with E-state index in [-0.39, 0.29) is 5.91 Å². The zero-order valence-electron chi connectivity index (χ0n) is 18.8. The monoisotopic (exact) mass is 422 g/mol. The predicted molar refractivity (Wildman–Crippen MR) is 128 cm³/mol. The molecule has 166 valence electrons. The Balaban J connectivity index is 1.86. The van der Waals surface area contributed by atoms with Gasteiger partial charge in [0.15, 0.2) is 0 Å². The van der Waals surface area contributed by atoms with E-state index in [0.29, 0.717) is 11.6 Å². The summed E-state index contributed by atoms with van der Waals surface area (Å²) in [5.74, 6) is 0.0408. The zero-order valence-corrected chi connectivity index (χ0v) is 19.6. The largest absolute Gasteiger partial charge is 0.376 e. The Bertz CT molecular complexity index is 548. The molecule has 1 rings (SSSR count). The van der Waals surface area contributed by atoms with Crippen LogP contribution in [-0.2, 0) is 4.79 Å². The quantitative estimate of drug-likeness (QED) is 0.238. The highest BCUT2D eigenvalue weighted by molar-refractivity contribution is 6.30. The summed E-state index contributed by atoms with van der Waals surface area (Å²) in [6, 6.07) is 5.67. The lowest BCUT2D eigenvalue weighted by Crippen LogP contribution is -2.30. The molecule has 0 radical (unpaired) electrons. The third kappa shape index (κ3) is 14.4. The van der Waals surface area contributed by atoms with Gasteiger partial charge in [0, 0.05) is 17.3 Å². The first-order chi connectivity index (χ1) is 14.1. The molecule has 0 saturated carbocycles. The summed E-state index contributed by atoms with van der Waals surface area (Å²) < 4.78 is 0. The number of hydrogen-bond acceptors (Lipinski definition) is 2. The molecule has 0 bridgehead atoms. The van der Waals surface area contributed by atoms with Crippen LogP contribution in [0.3, 0.4) is 0 Å². The standard InChI is InChI=1S/C25H43ClN2O/c1-3-4-5-6-7-8-9-10-11-12-13-14-15-16-19-27-25(29)21-28-24-20-23(26)18-17-22(24)2/h17-18,20,28H,3-16,19,21H2,1-2H3,(H,27,29). The third-order valence-electron chi connectivity index (χ3n) is 5.49. The van der Waals surface area contributed by atoms with Crippen molar-refractivity contribution in [2.75, 3.05) is 18.4 Å². The van der Waals surface area contributed by atoms with Crippen molar-refractivity contribution >= 4 is 23.2 Å². The van der Waals surface area contributed by atoms with Crippen LogP contribution in [0.1, 0.15) is 102 Å². The maximum atomic E-state index is 11.9. The Labute approximate surface area is 184 Å². The van der Waals surface area contributed by atoms with Gasteiger partial charge in [0.05, 0.1) is 6.54 Å². The van der Waals surface area contributed by atoms with Gasteiger partial charge >= 0.3 is 0 Å². The molecule has 2 N–H and O–H groups in total. The molecule has 0 spiro atoms. The van der Waals surface area contributed by atoms with Crippen molar-refractivity contribution in [3.63, 3.8) is 0 Å². The predicted octanol–water partition coefficient (Wildman–Crippen LogP) is 7.66. The van der Waals surface area contributed by atoms with Crippen molar-refractivity contribution < 1.29 is 4.79 Å². The fraction of sp³-hybridized carbons (Fsp3) is 0.720. The van der Waals surface area contributed by atoms with Crippen LogP contribution in [0.2, 0.25) is 5.02 Å². The number of carbonyl (C=O) groups is 1. The van der Waals surface area contributed by atoms with E-state index in [1.807, 2.05) is 25.1 Å². The highest BCUT2D eigenvalue weighted by Gasteiger charge is 2.03. The number of hydrogen-bond donors (Lipinski definition) is 2. The highest BCUT2D eigenvalue weighted by Crippen LogP contribution is 2.19. The van der Waals surface area contributed by atoms with Crippen molar-refractivity contribution in [3.8, 4) is 0 Å². The summed E-state index contributed by atoms with van der Waals surface area (Å²) in [5.41, 5.74) is 2.01. The first kappa shape index (κ1) is 25.8. The number of benzene rings is 1. The third-order valence-corrected chi connectivity index (χ3v) is 5.73. The van der Waals surface area contributed by atoms with E-state index in [4.69, 9.17) is 11.6 Å². The molecule has 4 heteroatoms. The molecular formula is C25H43ClN2O. The van der Waals surface area contributed by atoms with Gasteiger partial charge in [0.1, 0.15) is 0 Å². The molecule has 0 heterocycles. The Morgan fingerprint density at radius 3 is 1.90 bits per heavy atom. The Hall–Kier alpha value is -1.22. The number of amides is 1. The van der Waals surface area contributed by atoms with E-state index in [1.165, 1.54) is 83.5 Å². The number of rotatable bonds is 18. The van der Waals surface area contributed by atoms with Gasteiger partial charge in [-0.15, -0.1) is 0 Å². The Morgan fingerprint density at radius 2 is 1.34 bits per heavy atom. The molecule has 0 aliphatic carbocycles. The Kier molecular flexibility index (Phi) is 15.7. The first-order valence-corrected chi connectivity index (χ1v) is 12.3. The number of unbranched alkanes of at least 4 members (excludes halogenated alkanes) is 13. The maximum absolute atomic E-state index is 11.9. The second-order valence-electron chi connectivity index (χ2n) is 8.26. The minimum absolute atomic E-state index is 0.0408. The van der Waals surface area contributed by atoms with Crippen LogP contribution in [0.25, 0.3) is 0 Å². The second-order valence-corrected chi connectivity index (χ2v) is 8.70. The number of nitrogens with one attached hydrogen (secondary N) is 2. The summed E-state index contributed by atoms with van der Waals surface area (Å²) in [6.45, 7) is 5.34. The van der Waals surface area contributed by atoms with E-state index in [1.54, 1.807) is 0 Å². The van der Waals surface area contributed by atoms with Crippen LogP contribution in [-0.4, -0.2) is 19.0 Å². The van der Waals surface area contributed by atoms with Gasteiger partial charge in [-0.2, -0.15) is 0 Å². The van der Waals surface area contributed by atoms with E-state index < -0.39 is 0 Å². The normalized spacial score (nSPS) is 10.9. The fourth-order valence-electron chi connectivity index (χ4n) is 3.57. The molecular weight excluding hydrogens is 380 g/mol. The summed E-state index contributed by atoms with van der Waals surface area (Å²) in [7, 11) is 0. The fourth-order valence-corrected chi connectivity index (χ4v) is 3.74.